The van der Waals surface area contributed by atoms with Crippen molar-refractivity contribution in [1.29, 1.82) is 0 Å². The molecule has 0 fully saturated rings. The highest BCUT2D eigenvalue weighted by Crippen LogP contribution is 2.05. The molecule has 6 rings (SSSR count). The summed E-state index contributed by atoms with van der Waals surface area (Å²) in [5.74, 6) is 3.24. The van der Waals surface area contributed by atoms with Crippen LogP contribution in [0.25, 0.3) is 0 Å². The first-order chi connectivity index (χ1) is 18.5. The van der Waals surface area contributed by atoms with Crippen molar-refractivity contribution in [1.82, 2.24) is 50.6 Å². The number of hydrogen-bond donors (Lipinski definition) is 0. The monoisotopic (exact) mass is 608 g/mol. The van der Waals surface area contributed by atoms with E-state index in [1.807, 2.05) is 33.1 Å². The molecule has 0 saturated carbocycles. The zero-order valence-corrected chi connectivity index (χ0v) is 25.8. The zero-order valence-electron chi connectivity index (χ0n) is 23.3. The molecule has 6 aromatic rings. The lowest BCUT2D eigenvalue weighted by atomic mass is 10.6. The molecule has 0 aromatic carbocycles. The van der Waals surface area contributed by atoms with Crippen LogP contribution in [0.3, 0.4) is 0 Å². The van der Waals surface area contributed by atoms with Crippen molar-refractivity contribution in [2.45, 2.75) is 69.7 Å². The molecule has 0 amide bonds. The Morgan fingerprint density at radius 1 is 0.625 bits per heavy atom. The molecule has 40 heavy (non-hydrogen) atoms. The Morgan fingerprint density at radius 2 is 1.25 bits per heavy atom. The van der Waals surface area contributed by atoms with E-state index in [9.17, 15) is 0 Å². The molecule has 0 saturated heterocycles. The minimum absolute atomic E-state index is 0. The highest BCUT2D eigenvalue weighted by atomic mass is 32.1. The Kier molecular flexibility index (Phi) is 19.1. The van der Waals surface area contributed by atoms with Crippen molar-refractivity contribution in [3.8, 4) is 0 Å². The van der Waals surface area contributed by atoms with Gasteiger partial charge in [-0.1, -0.05) is 17.7 Å². The molecule has 0 bridgehead atoms. The Morgan fingerprint density at radius 3 is 1.38 bits per heavy atom. The summed E-state index contributed by atoms with van der Waals surface area (Å²) >= 11 is 4.92. The molecule has 13 nitrogen and oxygen atoms in total. The standard InChI is InChI=1S/C5H7NS.2C4H6N2O.C4H5NS.C3H4N2O.C3H4N2S.CH4/c1-4-3-7-5(2)6-4;2*1-3-5-4(2)7-6-3;1-4-5-2-3-6-4;2*1-3-5-4-2-6-3;/h3H,1-2H3;2*1-2H3;2-3H,1H3;2*2H,1H3;1H4. The largest absolute Gasteiger partial charge is 0.428 e. The maximum Gasteiger partial charge on any atom is 0.223 e. The lowest BCUT2D eigenvalue weighted by Gasteiger charge is -1.71. The van der Waals surface area contributed by atoms with Crippen LogP contribution in [0.5, 0.6) is 0 Å². The zero-order chi connectivity index (χ0) is 29.0. The second kappa shape index (κ2) is 21.1. The third kappa shape index (κ3) is 19.3. The van der Waals surface area contributed by atoms with E-state index in [1.165, 1.54) is 6.39 Å². The fourth-order valence-corrected chi connectivity index (χ4v) is 3.40. The van der Waals surface area contributed by atoms with Gasteiger partial charge in [0.25, 0.3) is 0 Å². The quantitative estimate of drug-likeness (QED) is 0.185. The van der Waals surface area contributed by atoms with Crippen LogP contribution < -0.4 is 0 Å². The van der Waals surface area contributed by atoms with Crippen molar-refractivity contribution < 1.29 is 13.5 Å². The first-order valence-electron chi connectivity index (χ1n) is 11.3. The van der Waals surface area contributed by atoms with Crippen LogP contribution in [0, 0.1) is 62.3 Å². The summed E-state index contributed by atoms with van der Waals surface area (Å²) in [6.07, 6.45) is 3.11. The van der Waals surface area contributed by atoms with Gasteiger partial charge in [-0.05, 0) is 41.5 Å². The average molecular weight is 609 g/mol. The van der Waals surface area contributed by atoms with Gasteiger partial charge in [-0.2, -0.15) is 9.97 Å². The highest BCUT2D eigenvalue weighted by Gasteiger charge is 1.91. The van der Waals surface area contributed by atoms with Gasteiger partial charge in [0.15, 0.2) is 11.6 Å². The summed E-state index contributed by atoms with van der Waals surface area (Å²) in [6, 6.07) is 0. The van der Waals surface area contributed by atoms with Gasteiger partial charge in [0.05, 0.1) is 10.0 Å². The Hall–Kier alpha value is -3.76. The molecular weight excluding hydrogens is 573 g/mol. The van der Waals surface area contributed by atoms with Crippen molar-refractivity contribution in [2.75, 3.05) is 0 Å². The molecule has 0 spiro atoms. The summed E-state index contributed by atoms with van der Waals surface area (Å²) < 4.78 is 13.8. The van der Waals surface area contributed by atoms with Gasteiger partial charge in [-0.25, -0.2) is 4.98 Å². The van der Waals surface area contributed by atoms with Crippen molar-refractivity contribution in [3.05, 3.63) is 78.9 Å². The third-order valence-corrected chi connectivity index (χ3v) is 5.70. The Bertz CT molecular complexity index is 1150. The molecule has 0 unspecified atom stereocenters. The van der Waals surface area contributed by atoms with E-state index in [1.54, 1.807) is 80.3 Å². The topological polar surface area (TPSA) is 168 Å². The Balaban J connectivity index is 0.000000455. The van der Waals surface area contributed by atoms with Crippen LogP contribution in [0.15, 0.2) is 42.3 Å². The first-order valence-corrected chi connectivity index (χ1v) is 13.9. The van der Waals surface area contributed by atoms with Gasteiger partial charge < -0.3 is 13.5 Å². The van der Waals surface area contributed by atoms with Crippen LogP contribution >= 0.6 is 34.0 Å². The van der Waals surface area contributed by atoms with Gasteiger partial charge in [-0.15, -0.1) is 54.4 Å². The van der Waals surface area contributed by atoms with Gasteiger partial charge >= 0.3 is 0 Å². The molecule has 0 aliphatic heterocycles. The summed E-state index contributed by atoms with van der Waals surface area (Å²) in [5, 5.41) is 28.6. The molecular formula is C24H36N10O3S3. The SMILES string of the molecule is C.Cc1csc(C)n1.Cc1nccs1.Cc1nnco1.Cc1nncs1.Cc1noc(C)n1.Cc1noc(C)n1. The number of aryl methyl sites for hydroxylation is 9. The summed E-state index contributed by atoms with van der Waals surface area (Å²) in [7, 11) is 0. The van der Waals surface area contributed by atoms with Gasteiger partial charge in [0.2, 0.25) is 24.1 Å². The van der Waals surface area contributed by atoms with Crippen LogP contribution in [0.4, 0.5) is 0 Å². The van der Waals surface area contributed by atoms with E-state index in [0.29, 0.717) is 29.3 Å². The number of rotatable bonds is 0. The van der Waals surface area contributed by atoms with Crippen molar-refractivity contribution in [2.24, 2.45) is 0 Å². The fraction of sp³-hybridized carbons (Fsp3) is 0.417. The molecule has 6 aromatic heterocycles. The fourth-order valence-electron chi connectivity index (χ4n) is 2.02. The van der Waals surface area contributed by atoms with E-state index in [4.69, 9.17) is 0 Å². The molecule has 16 heteroatoms. The van der Waals surface area contributed by atoms with Crippen molar-refractivity contribution in [3.63, 3.8) is 0 Å². The third-order valence-electron chi connectivity index (χ3n) is 3.49. The van der Waals surface area contributed by atoms with Gasteiger partial charge in [0, 0.05) is 43.4 Å². The van der Waals surface area contributed by atoms with Crippen LogP contribution in [0.2, 0.25) is 0 Å². The molecule has 6 heterocycles. The molecule has 0 N–H and O–H groups in total. The second-order valence-corrected chi connectivity index (χ2v) is 10.4. The van der Waals surface area contributed by atoms with E-state index < -0.39 is 0 Å². The number of hydrogen-bond acceptors (Lipinski definition) is 16. The molecule has 0 radical (unpaired) electrons. The first kappa shape index (κ1) is 36.2. The van der Waals surface area contributed by atoms with Crippen LogP contribution in [-0.4, -0.2) is 50.6 Å². The maximum atomic E-state index is 4.61. The van der Waals surface area contributed by atoms with E-state index in [0.717, 1.165) is 20.7 Å². The predicted molar refractivity (Wildman–Crippen MR) is 156 cm³/mol. The molecule has 0 aliphatic rings. The lowest BCUT2D eigenvalue weighted by molar-refractivity contribution is 0.389. The van der Waals surface area contributed by atoms with Crippen LogP contribution in [0.1, 0.15) is 57.5 Å². The van der Waals surface area contributed by atoms with E-state index >= 15 is 0 Å². The van der Waals surface area contributed by atoms with Gasteiger partial charge in [0.1, 0.15) is 10.5 Å². The summed E-state index contributed by atoms with van der Waals surface area (Å²) in [6.45, 7) is 16.8. The number of thiazole rings is 2. The molecule has 0 atom stereocenters. The molecule has 0 aliphatic carbocycles. The number of nitrogens with zero attached hydrogens (tertiary/aromatic N) is 10. The maximum absolute atomic E-state index is 4.61. The van der Waals surface area contributed by atoms with E-state index in [-0.39, 0.29) is 7.43 Å². The normalized spacial score (nSPS) is 8.93. The van der Waals surface area contributed by atoms with Gasteiger partial charge in [-0.3, -0.25) is 4.98 Å². The predicted octanol–water partition coefficient (Wildman–Crippen LogP) is 6.44. The minimum atomic E-state index is 0. The Labute approximate surface area is 246 Å². The second-order valence-electron chi connectivity index (χ2n) is 7.20. The minimum Gasteiger partial charge on any atom is -0.428 e. The van der Waals surface area contributed by atoms with Crippen LogP contribution in [-0.2, 0) is 0 Å². The smallest absolute Gasteiger partial charge is 0.223 e. The highest BCUT2D eigenvalue weighted by molar-refractivity contribution is 7.09. The molecule has 218 valence electrons. The number of aromatic nitrogens is 10. The lowest BCUT2D eigenvalue weighted by Crippen LogP contribution is -1.70. The average Bonchev–Trinajstić information content (AvgIpc) is 3.71. The summed E-state index contributed by atoms with van der Waals surface area (Å²) in [4.78, 5) is 15.7. The van der Waals surface area contributed by atoms with E-state index in [2.05, 4.69) is 69.5 Å². The van der Waals surface area contributed by atoms with Crippen molar-refractivity contribution >= 4 is 34.0 Å². The summed E-state index contributed by atoms with van der Waals surface area (Å²) in [5.41, 5.74) is 2.84.